The Labute approximate surface area is 208 Å². The lowest BCUT2D eigenvalue weighted by Gasteiger charge is -2.08. The zero-order chi connectivity index (χ0) is 24.0. The minimum absolute atomic E-state index is 0.0576. The Morgan fingerprint density at radius 1 is 0.914 bits per heavy atom. The lowest BCUT2D eigenvalue weighted by molar-refractivity contribution is -0.121. The van der Waals surface area contributed by atoms with Gasteiger partial charge in [0, 0.05) is 30.6 Å². The predicted molar refractivity (Wildman–Crippen MR) is 141 cm³/mol. The first-order valence-corrected chi connectivity index (χ1v) is 12.8. The first kappa shape index (κ1) is 23.1. The molecular weight excluding hydrogens is 454 g/mol. The van der Waals surface area contributed by atoms with E-state index in [0.717, 1.165) is 39.8 Å². The topological polar surface area (TPSA) is 72.7 Å². The van der Waals surface area contributed by atoms with Gasteiger partial charge in [-0.25, -0.2) is 4.98 Å². The van der Waals surface area contributed by atoms with Crippen LogP contribution in [-0.2, 0) is 17.9 Å². The van der Waals surface area contributed by atoms with Gasteiger partial charge in [0.25, 0.3) is 0 Å². The van der Waals surface area contributed by atoms with E-state index in [4.69, 9.17) is 4.98 Å². The van der Waals surface area contributed by atoms with Crippen molar-refractivity contribution in [2.45, 2.75) is 38.0 Å². The summed E-state index contributed by atoms with van der Waals surface area (Å²) in [4.78, 5) is 17.0. The van der Waals surface area contributed by atoms with Crippen molar-refractivity contribution >= 4 is 39.7 Å². The number of fused-ring (bicyclic) bond motifs is 3. The molecule has 0 bridgehead atoms. The molecule has 0 spiro atoms. The molecule has 2 heterocycles. The van der Waals surface area contributed by atoms with Crippen LogP contribution in [0.3, 0.4) is 0 Å². The van der Waals surface area contributed by atoms with E-state index in [9.17, 15) is 4.79 Å². The number of thioether (sulfide) groups is 1. The molecule has 0 radical (unpaired) electrons. The highest BCUT2D eigenvalue weighted by molar-refractivity contribution is 7.99. The second kappa shape index (κ2) is 10.7. The Kier molecular flexibility index (Phi) is 7.04. The fourth-order valence-electron chi connectivity index (χ4n) is 4.07. The molecule has 176 valence electrons. The minimum atomic E-state index is 0.0576. The number of nitrogens with one attached hydrogen (secondary N) is 1. The van der Waals surface area contributed by atoms with Crippen molar-refractivity contribution in [2.75, 3.05) is 5.75 Å². The van der Waals surface area contributed by atoms with Gasteiger partial charge in [0.05, 0.1) is 5.52 Å². The van der Waals surface area contributed by atoms with Crippen LogP contribution in [-0.4, -0.2) is 31.4 Å². The molecule has 35 heavy (non-hydrogen) atoms. The number of aryl methyl sites for hydroxylation is 1. The first-order chi connectivity index (χ1) is 17.2. The van der Waals surface area contributed by atoms with Gasteiger partial charge in [0.1, 0.15) is 5.52 Å². The average Bonchev–Trinajstić information content (AvgIpc) is 3.20. The van der Waals surface area contributed by atoms with E-state index in [0.29, 0.717) is 24.7 Å². The largest absolute Gasteiger partial charge is 0.352 e. The van der Waals surface area contributed by atoms with Crippen molar-refractivity contribution < 1.29 is 4.79 Å². The number of aromatic nitrogens is 4. The Hall–Kier alpha value is -3.71. The lowest BCUT2D eigenvalue weighted by Crippen LogP contribution is -2.22. The molecule has 0 aliphatic rings. The third-order valence-corrected chi connectivity index (χ3v) is 6.85. The standard InChI is InChI=1S/C28H27N5OS/c1-20-13-15-22(16-14-20)19-33-24-11-6-5-10-23(24)26-27(33)30-28(32-31-26)35-17-7-12-25(34)29-18-21-8-3-2-4-9-21/h2-6,8-11,13-16H,7,12,17-19H2,1H3,(H,29,34). The van der Waals surface area contributed by atoms with E-state index in [1.54, 1.807) is 11.8 Å². The summed E-state index contributed by atoms with van der Waals surface area (Å²) < 4.78 is 2.21. The number of hydrogen-bond donors (Lipinski definition) is 1. The number of rotatable bonds is 9. The van der Waals surface area contributed by atoms with Gasteiger partial charge in [0.15, 0.2) is 5.65 Å². The molecule has 0 fully saturated rings. The van der Waals surface area contributed by atoms with Crippen LogP contribution < -0.4 is 5.32 Å². The molecule has 7 heteroatoms. The van der Waals surface area contributed by atoms with Gasteiger partial charge in [-0.3, -0.25) is 4.79 Å². The number of benzene rings is 3. The summed E-state index contributed by atoms with van der Waals surface area (Å²) in [6.45, 7) is 3.37. The molecule has 6 nitrogen and oxygen atoms in total. The highest BCUT2D eigenvalue weighted by atomic mass is 32.2. The summed E-state index contributed by atoms with van der Waals surface area (Å²) in [5.74, 6) is 0.812. The summed E-state index contributed by atoms with van der Waals surface area (Å²) in [6, 6.07) is 26.8. The van der Waals surface area contributed by atoms with Gasteiger partial charge < -0.3 is 9.88 Å². The molecule has 3 aromatic carbocycles. The maximum absolute atomic E-state index is 12.2. The van der Waals surface area contributed by atoms with E-state index in [1.165, 1.54) is 11.1 Å². The van der Waals surface area contributed by atoms with Crippen LogP contribution in [0.4, 0.5) is 0 Å². The summed E-state index contributed by atoms with van der Waals surface area (Å²) in [6.07, 6.45) is 1.22. The van der Waals surface area contributed by atoms with Gasteiger partial charge in [-0.15, -0.1) is 10.2 Å². The summed E-state index contributed by atoms with van der Waals surface area (Å²) in [5, 5.41) is 13.6. The molecule has 0 saturated carbocycles. The molecule has 0 atom stereocenters. The van der Waals surface area contributed by atoms with Crippen LogP contribution in [0.1, 0.15) is 29.5 Å². The van der Waals surface area contributed by atoms with Crippen molar-refractivity contribution in [2.24, 2.45) is 0 Å². The van der Waals surface area contributed by atoms with Crippen LogP contribution in [0, 0.1) is 6.92 Å². The van der Waals surface area contributed by atoms with Gasteiger partial charge in [0.2, 0.25) is 11.1 Å². The summed E-state index contributed by atoms with van der Waals surface area (Å²) >= 11 is 1.54. The van der Waals surface area contributed by atoms with E-state index in [-0.39, 0.29) is 5.91 Å². The number of amides is 1. The summed E-state index contributed by atoms with van der Waals surface area (Å²) in [5.41, 5.74) is 6.31. The van der Waals surface area contributed by atoms with Crippen LogP contribution in [0.5, 0.6) is 0 Å². The average molecular weight is 482 g/mol. The van der Waals surface area contributed by atoms with E-state index in [1.807, 2.05) is 42.5 Å². The van der Waals surface area contributed by atoms with Gasteiger partial charge in [-0.1, -0.05) is 90.1 Å². The second-order valence-electron chi connectivity index (χ2n) is 8.57. The highest BCUT2D eigenvalue weighted by Gasteiger charge is 2.15. The fourth-order valence-corrected chi connectivity index (χ4v) is 4.79. The van der Waals surface area contributed by atoms with Crippen LogP contribution >= 0.6 is 11.8 Å². The number of carbonyl (C=O) groups is 1. The number of para-hydroxylation sites is 1. The Morgan fingerprint density at radius 2 is 1.69 bits per heavy atom. The quantitative estimate of drug-likeness (QED) is 0.222. The van der Waals surface area contributed by atoms with Crippen molar-refractivity contribution in [1.29, 1.82) is 0 Å². The fraction of sp³-hybridized carbons (Fsp3) is 0.214. The van der Waals surface area contributed by atoms with Gasteiger partial charge in [-0.05, 0) is 30.5 Å². The lowest BCUT2D eigenvalue weighted by atomic mass is 10.1. The van der Waals surface area contributed by atoms with Crippen molar-refractivity contribution in [3.8, 4) is 0 Å². The predicted octanol–water partition coefficient (Wildman–Crippen LogP) is 5.52. The first-order valence-electron chi connectivity index (χ1n) is 11.8. The van der Waals surface area contributed by atoms with Crippen molar-refractivity contribution in [3.63, 3.8) is 0 Å². The molecule has 1 N–H and O–H groups in total. The summed E-state index contributed by atoms with van der Waals surface area (Å²) in [7, 11) is 0. The minimum Gasteiger partial charge on any atom is -0.352 e. The molecule has 0 unspecified atom stereocenters. The van der Waals surface area contributed by atoms with Gasteiger partial charge in [-0.2, -0.15) is 0 Å². The number of nitrogens with zero attached hydrogens (tertiary/aromatic N) is 4. The van der Waals surface area contributed by atoms with Crippen LogP contribution in [0.15, 0.2) is 84.0 Å². The molecule has 0 aliphatic heterocycles. The zero-order valence-corrected chi connectivity index (χ0v) is 20.5. The van der Waals surface area contributed by atoms with E-state index in [2.05, 4.69) is 63.4 Å². The molecular formula is C28H27N5OS. The van der Waals surface area contributed by atoms with E-state index >= 15 is 0 Å². The zero-order valence-electron chi connectivity index (χ0n) is 19.6. The van der Waals surface area contributed by atoms with Crippen LogP contribution in [0.25, 0.3) is 22.1 Å². The molecule has 2 aromatic heterocycles. The Bertz CT molecular complexity index is 1450. The third kappa shape index (κ3) is 5.52. The molecule has 0 saturated heterocycles. The Morgan fingerprint density at radius 3 is 2.51 bits per heavy atom. The number of carbonyl (C=O) groups excluding carboxylic acids is 1. The SMILES string of the molecule is Cc1ccc(Cn2c3ccccc3c3nnc(SCCCC(=O)NCc4ccccc4)nc32)cc1. The second-order valence-corrected chi connectivity index (χ2v) is 9.63. The van der Waals surface area contributed by atoms with E-state index < -0.39 is 0 Å². The highest BCUT2D eigenvalue weighted by Crippen LogP contribution is 2.28. The normalized spacial score (nSPS) is 11.2. The third-order valence-electron chi connectivity index (χ3n) is 5.93. The molecule has 1 amide bonds. The number of hydrogen-bond acceptors (Lipinski definition) is 5. The van der Waals surface area contributed by atoms with Crippen molar-refractivity contribution in [1.82, 2.24) is 25.1 Å². The maximum Gasteiger partial charge on any atom is 0.220 e. The van der Waals surface area contributed by atoms with Crippen molar-refractivity contribution in [3.05, 3.63) is 95.6 Å². The van der Waals surface area contributed by atoms with Gasteiger partial charge >= 0.3 is 0 Å². The maximum atomic E-state index is 12.2. The monoisotopic (exact) mass is 481 g/mol. The Balaban J connectivity index is 1.26. The van der Waals surface area contributed by atoms with Crippen LogP contribution in [0.2, 0.25) is 0 Å². The molecule has 5 aromatic rings. The molecule has 0 aliphatic carbocycles. The smallest absolute Gasteiger partial charge is 0.220 e. The molecule has 5 rings (SSSR count).